The van der Waals surface area contributed by atoms with Crippen molar-refractivity contribution in [2.45, 2.75) is 12.6 Å². The maximum absolute atomic E-state index is 5.90. The molecule has 1 unspecified atom stereocenters. The zero-order valence-electron chi connectivity index (χ0n) is 15.1. The third-order valence-electron chi connectivity index (χ3n) is 5.00. The number of aromatic nitrogens is 1. The lowest BCUT2D eigenvalue weighted by Gasteiger charge is -2.27. The van der Waals surface area contributed by atoms with E-state index >= 15 is 0 Å². The van der Waals surface area contributed by atoms with Crippen molar-refractivity contribution in [1.29, 1.82) is 0 Å². The monoisotopic (exact) mass is 357 g/mol. The van der Waals surface area contributed by atoms with E-state index in [2.05, 4.69) is 46.8 Å². The first-order chi connectivity index (χ1) is 13.1. The highest BCUT2D eigenvalue weighted by atomic mass is 16.5. The molecule has 1 aliphatic heterocycles. The predicted molar refractivity (Wildman–Crippen MR) is 107 cm³/mol. The van der Waals surface area contributed by atoms with E-state index in [1.54, 1.807) is 7.11 Å². The van der Waals surface area contributed by atoms with Gasteiger partial charge in [0, 0.05) is 5.56 Å². The summed E-state index contributed by atoms with van der Waals surface area (Å²) in [5.41, 5.74) is 5.40. The standard InChI is InChI=1S/C22H19N3O2/c1-22(15-8-10-16(26-2)11-9-15)24-17-12-7-14(13-19(17)25-22)21-23-18-5-3-4-6-20(18)27-21/h3-13,24-25H,1-2H3. The van der Waals surface area contributed by atoms with Crippen LogP contribution in [-0.2, 0) is 5.66 Å². The third kappa shape index (κ3) is 2.59. The number of para-hydroxylation sites is 2. The number of fused-ring (bicyclic) bond motifs is 2. The lowest BCUT2D eigenvalue weighted by atomic mass is 10.0. The number of ether oxygens (including phenoxy) is 1. The van der Waals surface area contributed by atoms with Gasteiger partial charge in [0.25, 0.3) is 0 Å². The number of nitrogens with zero attached hydrogens (tertiary/aromatic N) is 1. The molecular weight excluding hydrogens is 338 g/mol. The lowest BCUT2D eigenvalue weighted by Crippen LogP contribution is -2.34. The topological polar surface area (TPSA) is 59.3 Å². The van der Waals surface area contributed by atoms with Gasteiger partial charge < -0.3 is 19.8 Å². The van der Waals surface area contributed by atoms with Gasteiger partial charge in [-0.2, -0.15) is 0 Å². The van der Waals surface area contributed by atoms with E-state index in [1.807, 2.05) is 42.5 Å². The molecule has 2 N–H and O–H groups in total. The number of rotatable bonds is 3. The number of oxazole rings is 1. The molecular formula is C22H19N3O2. The summed E-state index contributed by atoms with van der Waals surface area (Å²) in [6.45, 7) is 2.12. The maximum atomic E-state index is 5.90. The van der Waals surface area contributed by atoms with E-state index in [0.717, 1.165) is 39.4 Å². The van der Waals surface area contributed by atoms with Gasteiger partial charge in [-0.3, -0.25) is 0 Å². The highest BCUT2D eigenvalue weighted by molar-refractivity contribution is 5.83. The second kappa shape index (κ2) is 5.77. The van der Waals surface area contributed by atoms with Crippen LogP contribution in [0.15, 0.2) is 71.1 Å². The molecule has 3 aromatic carbocycles. The predicted octanol–water partition coefficient (Wildman–Crippen LogP) is 5.21. The summed E-state index contributed by atoms with van der Waals surface area (Å²) in [5.74, 6) is 1.47. The fourth-order valence-corrected chi connectivity index (χ4v) is 3.52. The van der Waals surface area contributed by atoms with Crippen molar-refractivity contribution in [3.8, 4) is 17.2 Å². The molecule has 1 atom stereocenters. The molecule has 5 rings (SSSR count). The first-order valence-corrected chi connectivity index (χ1v) is 8.85. The van der Waals surface area contributed by atoms with Gasteiger partial charge in [0.1, 0.15) is 16.9 Å². The van der Waals surface area contributed by atoms with E-state index < -0.39 is 5.66 Å². The molecule has 0 saturated heterocycles. The Kier molecular flexibility index (Phi) is 3.37. The summed E-state index contributed by atoms with van der Waals surface area (Å²) in [7, 11) is 1.67. The van der Waals surface area contributed by atoms with Crippen molar-refractivity contribution in [1.82, 2.24) is 4.98 Å². The number of hydrogen-bond donors (Lipinski definition) is 2. The normalized spacial score (nSPS) is 18.0. The minimum absolute atomic E-state index is 0.394. The average molecular weight is 357 g/mol. The van der Waals surface area contributed by atoms with E-state index in [0.29, 0.717) is 5.89 Å². The SMILES string of the molecule is COc1ccc(C2(C)Nc3ccc(-c4nc5ccccc5o4)cc3N2)cc1. The molecule has 5 heteroatoms. The van der Waals surface area contributed by atoms with Gasteiger partial charge in [0.15, 0.2) is 5.58 Å². The first kappa shape index (κ1) is 15.8. The van der Waals surface area contributed by atoms with E-state index in [-0.39, 0.29) is 0 Å². The van der Waals surface area contributed by atoms with Crippen molar-refractivity contribution >= 4 is 22.5 Å². The summed E-state index contributed by atoms with van der Waals surface area (Å²) in [6.07, 6.45) is 0. The zero-order chi connectivity index (χ0) is 18.4. The Bertz CT molecular complexity index is 1100. The Morgan fingerprint density at radius 3 is 2.48 bits per heavy atom. The van der Waals surface area contributed by atoms with Gasteiger partial charge >= 0.3 is 0 Å². The Hall–Kier alpha value is -3.47. The second-order valence-corrected chi connectivity index (χ2v) is 6.85. The summed E-state index contributed by atoms with van der Waals surface area (Å²) in [6, 6.07) is 22.0. The van der Waals surface area contributed by atoms with Crippen molar-refractivity contribution in [2.24, 2.45) is 0 Å². The molecule has 1 aromatic heterocycles. The Morgan fingerprint density at radius 2 is 1.70 bits per heavy atom. The van der Waals surface area contributed by atoms with Crippen LogP contribution in [-0.4, -0.2) is 12.1 Å². The van der Waals surface area contributed by atoms with Gasteiger partial charge in [-0.25, -0.2) is 4.98 Å². The molecule has 4 aromatic rings. The summed E-state index contributed by atoms with van der Waals surface area (Å²) in [5, 5.41) is 7.15. The lowest BCUT2D eigenvalue weighted by molar-refractivity contribution is 0.414. The smallest absolute Gasteiger partial charge is 0.227 e. The van der Waals surface area contributed by atoms with Crippen molar-refractivity contribution in [3.05, 3.63) is 72.3 Å². The number of anilines is 2. The number of benzene rings is 3. The molecule has 2 heterocycles. The number of methoxy groups -OCH3 is 1. The molecule has 1 aliphatic rings. The highest BCUT2D eigenvalue weighted by Crippen LogP contribution is 2.41. The Labute approximate surface area is 157 Å². The van der Waals surface area contributed by atoms with Crippen LogP contribution < -0.4 is 15.4 Å². The minimum atomic E-state index is -0.394. The summed E-state index contributed by atoms with van der Waals surface area (Å²) in [4.78, 5) is 4.59. The van der Waals surface area contributed by atoms with Gasteiger partial charge in [-0.15, -0.1) is 0 Å². The van der Waals surface area contributed by atoms with Crippen molar-refractivity contribution in [3.63, 3.8) is 0 Å². The van der Waals surface area contributed by atoms with Gasteiger partial charge in [-0.05, 0) is 55.0 Å². The molecule has 0 spiro atoms. The van der Waals surface area contributed by atoms with E-state index in [4.69, 9.17) is 9.15 Å². The van der Waals surface area contributed by atoms with Crippen LogP contribution >= 0.6 is 0 Å². The number of nitrogens with one attached hydrogen (secondary N) is 2. The van der Waals surface area contributed by atoms with Crippen LogP contribution in [0.4, 0.5) is 11.4 Å². The number of hydrogen-bond acceptors (Lipinski definition) is 5. The Morgan fingerprint density at radius 1 is 0.926 bits per heavy atom. The fraction of sp³-hybridized carbons (Fsp3) is 0.136. The largest absolute Gasteiger partial charge is 0.497 e. The molecule has 0 bridgehead atoms. The third-order valence-corrected chi connectivity index (χ3v) is 5.00. The molecule has 134 valence electrons. The van der Waals surface area contributed by atoms with Crippen LogP contribution in [0.3, 0.4) is 0 Å². The molecule has 0 saturated carbocycles. The first-order valence-electron chi connectivity index (χ1n) is 8.85. The van der Waals surface area contributed by atoms with Crippen molar-refractivity contribution < 1.29 is 9.15 Å². The molecule has 0 fully saturated rings. The quantitative estimate of drug-likeness (QED) is 0.527. The molecule has 0 aliphatic carbocycles. The van der Waals surface area contributed by atoms with Crippen LogP contribution in [0, 0.1) is 0 Å². The van der Waals surface area contributed by atoms with Crippen LogP contribution in [0.5, 0.6) is 5.75 Å². The summed E-state index contributed by atoms with van der Waals surface area (Å²) >= 11 is 0. The molecule has 0 amide bonds. The zero-order valence-corrected chi connectivity index (χ0v) is 15.1. The minimum Gasteiger partial charge on any atom is -0.497 e. The average Bonchev–Trinajstić information content (AvgIpc) is 3.28. The van der Waals surface area contributed by atoms with E-state index in [9.17, 15) is 0 Å². The Balaban J connectivity index is 1.48. The van der Waals surface area contributed by atoms with Gasteiger partial charge in [0.05, 0.1) is 18.5 Å². The van der Waals surface area contributed by atoms with Gasteiger partial charge in [0.2, 0.25) is 5.89 Å². The molecule has 0 radical (unpaired) electrons. The highest BCUT2D eigenvalue weighted by Gasteiger charge is 2.33. The molecule has 5 nitrogen and oxygen atoms in total. The van der Waals surface area contributed by atoms with Crippen LogP contribution in [0.2, 0.25) is 0 Å². The van der Waals surface area contributed by atoms with E-state index in [1.165, 1.54) is 0 Å². The molecule has 27 heavy (non-hydrogen) atoms. The maximum Gasteiger partial charge on any atom is 0.227 e. The van der Waals surface area contributed by atoms with Crippen LogP contribution in [0.1, 0.15) is 12.5 Å². The fourth-order valence-electron chi connectivity index (χ4n) is 3.52. The van der Waals surface area contributed by atoms with Crippen LogP contribution in [0.25, 0.3) is 22.6 Å². The second-order valence-electron chi connectivity index (χ2n) is 6.85. The summed E-state index contributed by atoms with van der Waals surface area (Å²) < 4.78 is 11.2. The van der Waals surface area contributed by atoms with Crippen molar-refractivity contribution in [2.75, 3.05) is 17.7 Å². The van der Waals surface area contributed by atoms with Gasteiger partial charge in [-0.1, -0.05) is 24.3 Å².